The Bertz CT molecular complexity index is 970. The molecule has 0 aliphatic carbocycles. The van der Waals surface area contributed by atoms with Crippen LogP contribution < -0.4 is 20.5 Å². The highest BCUT2D eigenvalue weighted by atomic mass is 16.5. The van der Waals surface area contributed by atoms with Crippen LogP contribution >= 0.6 is 0 Å². The van der Waals surface area contributed by atoms with Gasteiger partial charge in [-0.2, -0.15) is 0 Å². The number of hydrogen-bond donors (Lipinski definition) is 2. The lowest BCUT2D eigenvalue weighted by Gasteiger charge is -2.20. The van der Waals surface area contributed by atoms with Gasteiger partial charge in [0, 0.05) is 5.56 Å². The van der Waals surface area contributed by atoms with Crippen molar-refractivity contribution < 1.29 is 19.1 Å². The van der Waals surface area contributed by atoms with Crippen LogP contribution in [-0.2, 0) is 4.79 Å². The topological polar surface area (TPSA) is 90.7 Å². The Morgan fingerprint density at radius 1 is 0.833 bits per heavy atom. The van der Waals surface area contributed by atoms with Crippen LogP contribution in [0.4, 0.5) is 0 Å². The lowest BCUT2D eigenvalue weighted by Crippen LogP contribution is -2.33. The van der Waals surface area contributed by atoms with Crippen molar-refractivity contribution in [3.8, 4) is 11.5 Å². The largest absolute Gasteiger partial charge is 0.494 e. The second-order valence-electron chi connectivity index (χ2n) is 6.59. The molecule has 0 fully saturated rings. The van der Waals surface area contributed by atoms with Crippen molar-refractivity contribution in [1.82, 2.24) is 5.32 Å². The third-order valence-electron chi connectivity index (χ3n) is 4.47. The number of nitrogens with one attached hydrogen (secondary N) is 1. The van der Waals surface area contributed by atoms with E-state index in [9.17, 15) is 9.59 Å². The molecule has 0 saturated carbocycles. The molecule has 0 aliphatic rings. The highest BCUT2D eigenvalue weighted by Crippen LogP contribution is 2.24. The van der Waals surface area contributed by atoms with E-state index in [0.717, 1.165) is 16.9 Å². The van der Waals surface area contributed by atoms with E-state index in [1.165, 1.54) is 0 Å². The molecule has 2 amide bonds. The van der Waals surface area contributed by atoms with E-state index in [1.807, 2.05) is 61.5 Å². The maximum absolute atomic E-state index is 12.6. The fourth-order valence-electron chi connectivity index (χ4n) is 2.99. The molecular formula is C24H24N2O4. The quantitative estimate of drug-likeness (QED) is 0.571. The summed E-state index contributed by atoms with van der Waals surface area (Å²) in [5.41, 5.74) is 7.50. The van der Waals surface area contributed by atoms with Gasteiger partial charge in [-0.25, -0.2) is 0 Å². The van der Waals surface area contributed by atoms with Crippen LogP contribution in [-0.4, -0.2) is 25.0 Å². The Labute approximate surface area is 175 Å². The van der Waals surface area contributed by atoms with Gasteiger partial charge in [-0.15, -0.1) is 0 Å². The van der Waals surface area contributed by atoms with Crippen LogP contribution in [0.1, 0.15) is 34.5 Å². The number of rotatable bonds is 9. The van der Waals surface area contributed by atoms with Crippen molar-refractivity contribution in [3.63, 3.8) is 0 Å². The van der Waals surface area contributed by atoms with Gasteiger partial charge < -0.3 is 20.5 Å². The van der Waals surface area contributed by atoms with Crippen LogP contribution in [0, 0.1) is 0 Å². The van der Waals surface area contributed by atoms with Gasteiger partial charge in [-0.3, -0.25) is 9.59 Å². The summed E-state index contributed by atoms with van der Waals surface area (Å²) in [6.45, 7) is 2.37. The zero-order chi connectivity index (χ0) is 21.3. The molecule has 0 aromatic heterocycles. The first-order chi connectivity index (χ1) is 14.6. The number of ether oxygens (including phenoxy) is 2. The minimum atomic E-state index is -0.514. The van der Waals surface area contributed by atoms with Crippen molar-refractivity contribution in [2.45, 2.75) is 13.0 Å². The molecule has 3 N–H and O–H groups in total. The van der Waals surface area contributed by atoms with E-state index < -0.39 is 5.91 Å². The van der Waals surface area contributed by atoms with E-state index in [0.29, 0.717) is 17.9 Å². The van der Waals surface area contributed by atoms with Gasteiger partial charge in [-0.1, -0.05) is 42.5 Å². The van der Waals surface area contributed by atoms with Gasteiger partial charge in [0.1, 0.15) is 11.5 Å². The fourth-order valence-corrected chi connectivity index (χ4v) is 2.99. The summed E-state index contributed by atoms with van der Waals surface area (Å²) < 4.78 is 11.0. The number of amides is 2. The Balaban J connectivity index is 1.69. The Morgan fingerprint density at radius 2 is 1.40 bits per heavy atom. The van der Waals surface area contributed by atoms with E-state index in [1.54, 1.807) is 24.3 Å². The second kappa shape index (κ2) is 10.1. The van der Waals surface area contributed by atoms with Crippen molar-refractivity contribution in [1.29, 1.82) is 0 Å². The Morgan fingerprint density at radius 3 is 2.00 bits per heavy atom. The lowest BCUT2D eigenvalue weighted by atomic mass is 9.98. The molecular weight excluding hydrogens is 380 g/mol. The number of primary amides is 1. The van der Waals surface area contributed by atoms with Gasteiger partial charge in [-0.05, 0) is 54.4 Å². The van der Waals surface area contributed by atoms with Gasteiger partial charge in [0.05, 0.1) is 12.6 Å². The summed E-state index contributed by atoms with van der Waals surface area (Å²) in [6, 6.07) is 23.4. The molecule has 1 unspecified atom stereocenters. The monoisotopic (exact) mass is 404 g/mol. The van der Waals surface area contributed by atoms with Crippen molar-refractivity contribution in [2.75, 3.05) is 13.2 Å². The summed E-state index contributed by atoms with van der Waals surface area (Å²) >= 11 is 0. The Hall–Kier alpha value is -3.80. The van der Waals surface area contributed by atoms with E-state index in [2.05, 4.69) is 5.32 Å². The Kier molecular flexibility index (Phi) is 7.05. The maximum atomic E-state index is 12.6. The SMILES string of the molecule is CCOc1ccc(C(NC(=O)COc2ccc(C(N)=O)cc2)c2ccccc2)cc1. The number of carbonyl (C=O) groups excluding carboxylic acids is 2. The molecule has 3 aromatic carbocycles. The van der Waals surface area contributed by atoms with Gasteiger partial charge in [0.25, 0.3) is 5.91 Å². The molecule has 6 nitrogen and oxygen atoms in total. The molecule has 154 valence electrons. The normalized spacial score (nSPS) is 11.4. The summed E-state index contributed by atoms with van der Waals surface area (Å²) in [4.78, 5) is 23.7. The molecule has 0 saturated heterocycles. The van der Waals surface area contributed by atoms with Gasteiger partial charge in [0.2, 0.25) is 5.91 Å². The average molecular weight is 404 g/mol. The molecule has 3 aromatic rings. The predicted molar refractivity (Wildman–Crippen MR) is 114 cm³/mol. The second-order valence-corrected chi connectivity index (χ2v) is 6.59. The summed E-state index contributed by atoms with van der Waals surface area (Å²) in [5, 5.41) is 3.02. The molecule has 0 heterocycles. The van der Waals surface area contributed by atoms with Crippen LogP contribution in [0.15, 0.2) is 78.9 Å². The smallest absolute Gasteiger partial charge is 0.258 e. The molecule has 0 bridgehead atoms. The van der Waals surface area contributed by atoms with Gasteiger partial charge >= 0.3 is 0 Å². The lowest BCUT2D eigenvalue weighted by molar-refractivity contribution is -0.123. The number of carbonyl (C=O) groups is 2. The number of nitrogens with two attached hydrogens (primary N) is 1. The first kappa shape index (κ1) is 20.9. The fraction of sp³-hybridized carbons (Fsp3) is 0.167. The minimum absolute atomic E-state index is 0.156. The minimum Gasteiger partial charge on any atom is -0.494 e. The zero-order valence-electron chi connectivity index (χ0n) is 16.7. The molecule has 0 aliphatic heterocycles. The average Bonchev–Trinajstić information content (AvgIpc) is 2.78. The number of hydrogen-bond acceptors (Lipinski definition) is 4. The van der Waals surface area contributed by atoms with Crippen molar-refractivity contribution >= 4 is 11.8 Å². The third-order valence-corrected chi connectivity index (χ3v) is 4.47. The standard InChI is InChI=1S/C24H24N2O4/c1-2-29-20-12-8-18(9-13-20)23(17-6-4-3-5-7-17)26-22(27)16-30-21-14-10-19(11-15-21)24(25)28/h3-15,23H,2,16H2,1H3,(H2,25,28)(H,26,27). The van der Waals surface area contributed by atoms with E-state index >= 15 is 0 Å². The molecule has 0 spiro atoms. The molecule has 30 heavy (non-hydrogen) atoms. The first-order valence-electron chi connectivity index (χ1n) is 9.66. The number of benzene rings is 3. The van der Waals surface area contributed by atoms with E-state index in [4.69, 9.17) is 15.2 Å². The zero-order valence-corrected chi connectivity index (χ0v) is 16.7. The molecule has 1 atom stereocenters. The molecule has 0 radical (unpaired) electrons. The van der Waals surface area contributed by atoms with Crippen LogP contribution in [0.2, 0.25) is 0 Å². The summed E-state index contributed by atoms with van der Waals surface area (Å²) in [5.74, 6) is 0.478. The predicted octanol–water partition coefficient (Wildman–Crippen LogP) is 3.47. The van der Waals surface area contributed by atoms with E-state index in [-0.39, 0.29) is 18.6 Å². The molecule has 3 rings (SSSR count). The van der Waals surface area contributed by atoms with Crippen LogP contribution in [0.5, 0.6) is 11.5 Å². The van der Waals surface area contributed by atoms with Crippen LogP contribution in [0.3, 0.4) is 0 Å². The van der Waals surface area contributed by atoms with Gasteiger partial charge in [0.15, 0.2) is 6.61 Å². The molecule has 6 heteroatoms. The summed E-state index contributed by atoms with van der Waals surface area (Å²) in [6.07, 6.45) is 0. The first-order valence-corrected chi connectivity index (χ1v) is 9.66. The van der Waals surface area contributed by atoms with Crippen LogP contribution in [0.25, 0.3) is 0 Å². The maximum Gasteiger partial charge on any atom is 0.258 e. The summed E-state index contributed by atoms with van der Waals surface area (Å²) in [7, 11) is 0. The highest BCUT2D eigenvalue weighted by molar-refractivity contribution is 5.92. The third kappa shape index (κ3) is 5.61. The van der Waals surface area contributed by atoms with Crippen molar-refractivity contribution in [3.05, 3.63) is 95.6 Å². The highest BCUT2D eigenvalue weighted by Gasteiger charge is 2.17. The van der Waals surface area contributed by atoms with Crippen molar-refractivity contribution in [2.24, 2.45) is 5.73 Å².